The Balaban J connectivity index is 1.07. The molecular formula is C46H29N5O. The maximum Gasteiger partial charge on any atom is 0.227 e. The van der Waals surface area contributed by atoms with Gasteiger partial charge in [-0.15, -0.1) is 0 Å². The van der Waals surface area contributed by atoms with Gasteiger partial charge in [0.25, 0.3) is 0 Å². The summed E-state index contributed by atoms with van der Waals surface area (Å²) in [7, 11) is 0. The quantitative estimate of drug-likeness (QED) is 0.176. The fourth-order valence-corrected chi connectivity index (χ4v) is 7.04. The minimum absolute atomic E-state index is 0.617. The Morgan fingerprint density at radius 2 is 1.04 bits per heavy atom. The van der Waals surface area contributed by atoms with Crippen LogP contribution in [-0.4, -0.2) is 24.5 Å². The molecule has 244 valence electrons. The van der Waals surface area contributed by atoms with Gasteiger partial charge in [-0.25, -0.2) is 15.0 Å². The summed E-state index contributed by atoms with van der Waals surface area (Å²) in [6.07, 6.45) is 3.63. The van der Waals surface area contributed by atoms with E-state index >= 15 is 0 Å². The predicted octanol–water partition coefficient (Wildman–Crippen LogP) is 11.4. The van der Waals surface area contributed by atoms with Gasteiger partial charge in [0.15, 0.2) is 11.4 Å². The van der Waals surface area contributed by atoms with Crippen molar-refractivity contribution >= 4 is 32.9 Å². The normalized spacial score (nSPS) is 11.5. The van der Waals surface area contributed by atoms with E-state index < -0.39 is 0 Å². The minimum Gasteiger partial charge on any atom is -0.435 e. The van der Waals surface area contributed by atoms with Gasteiger partial charge in [0.05, 0.1) is 27.8 Å². The second kappa shape index (κ2) is 12.3. The van der Waals surface area contributed by atoms with E-state index in [2.05, 4.69) is 107 Å². The highest BCUT2D eigenvalue weighted by Crippen LogP contribution is 2.39. The van der Waals surface area contributed by atoms with Gasteiger partial charge in [-0.1, -0.05) is 91.0 Å². The molecule has 0 amide bonds. The molecule has 0 radical (unpaired) electrons. The van der Waals surface area contributed by atoms with Crippen LogP contribution in [0.4, 0.5) is 0 Å². The number of rotatable bonds is 6. The van der Waals surface area contributed by atoms with Crippen LogP contribution in [0.15, 0.2) is 181 Å². The van der Waals surface area contributed by atoms with Crippen LogP contribution in [0.1, 0.15) is 0 Å². The van der Waals surface area contributed by atoms with E-state index in [0.29, 0.717) is 11.7 Å². The molecule has 4 heterocycles. The first-order valence-electron chi connectivity index (χ1n) is 17.2. The molecule has 0 bridgehead atoms. The lowest BCUT2D eigenvalue weighted by molar-refractivity contribution is 0.623. The van der Waals surface area contributed by atoms with Gasteiger partial charge >= 0.3 is 0 Å². The van der Waals surface area contributed by atoms with Crippen LogP contribution in [0, 0.1) is 0 Å². The first-order chi connectivity index (χ1) is 25.8. The van der Waals surface area contributed by atoms with Crippen molar-refractivity contribution in [2.75, 3.05) is 0 Å². The zero-order valence-electron chi connectivity index (χ0n) is 27.9. The summed E-state index contributed by atoms with van der Waals surface area (Å²) in [5.74, 6) is 1.28. The van der Waals surface area contributed by atoms with Crippen LogP contribution >= 0.6 is 0 Å². The van der Waals surface area contributed by atoms with Crippen molar-refractivity contribution in [3.63, 3.8) is 0 Å². The number of fused-ring (bicyclic) bond motifs is 5. The fraction of sp³-hybridized carbons (Fsp3) is 0. The van der Waals surface area contributed by atoms with Crippen LogP contribution in [0.2, 0.25) is 0 Å². The highest BCUT2D eigenvalue weighted by Gasteiger charge is 2.19. The molecule has 0 unspecified atom stereocenters. The van der Waals surface area contributed by atoms with Crippen LogP contribution in [0.25, 0.3) is 95.1 Å². The van der Waals surface area contributed by atoms with E-state index in [1.165, 1.54) is 0 Å². The fourth-order valence-electron chi connectivity index (χ4n) is 7.04. The first-order valence-corrected chi connectivity index (χ1v) is 17.2. The molecule has 0 aliphatic rings. The Bertz CT molecular complexity index is 2860. The molecule has 10 rings (SSSR count). The molecule has 0 N–H and O–H groups in total. The van der Waals surface area contributed by atoms with Crippen LogP contribution in [0.5, 0.6) is 0 Å². The maximum absolute atomic E-state index is 6.48. The molecular weight excluding hydrogens is 639 g/mol. The Morgan fingerprint density at radius 1 is 0.442 bits per heavy atom. The van der Waals surface area contributed by atoms with Crippen molar-refractivity contribution in [1.29, 1.82) is 0 Å². The lowest BCUT2D eigenvalue weighted by Crippen LogP contribution is -1.97. The van der Waals surface area contributed by atoms with Gasteiger partial charge in [0, 0.05) is 45.7 Å². The van der Waals surface area contributed by atoms with Crippen LogP contribution in [-0.2, 0) is 0 Å². The van der Waals surface area contributed by atoms with Gasteiger partial charge in [0.1, 0.15) is 5.52 Å². The zero-order valence-corrected chi connectivity index (χ0v) is 27.9. The van der Waals surface area contributed by atoms with Gasteiger partial charge in [-0.3, -0.25) is 4.98 Å². The van der Waals surface area contributed by atoms with Crippen molar-refractivity contribution < 1.29 is 4.42 Å². The molecule has 6 heteroatoms. The number of nitrogens with zero attached hydrogens (tertiary/aromatic N) is 5. The van der Waals surface area contributed by atoms with Crippen LogP contribution in [0.3, 0.4) is 0 Å². The van der Waals surface area contributed by atoms with Crippen molar-refractivity contribution in [1.82, 2.24) is 24.5 Å². The van der Waals surface area contributed by atoms with Gasteiger partial charge in [-0.2, -0.15) is 0 Å². The molecule has 10 aromatic rings. The largest absolute Gasteiger partial charge is 0.435 e. The lowest BCUT2D eigenvalue weighted by Gasteiger charge is -2.11. The second-order valence-corrected chi connectivity index (χ2v) is 12.7. The summed E-state index contributed by atoms with van der Waals surface area (Å²) >= 11 is 0. The number of aromatic nitrogens is 5. The Kier molecular flexibility index (Phi) is 7.03. The lowest BCUT2D eigenvalue weighted by atomic mass is 10.0. The molecule has 4 aromatic heterocycles. The molecule has 52 heavy (non-hydrogen) atoms. The highest BCUT2D eigenvalue weighted by atomic mass is 16.3. The first kappa shape index (κ1) is 29.7. The minimum atomic E-state index is 0.617. The SMILES string of the molecule is c1ccc(-c2cc(-c3ccc(-c4ccncc4)cc3)nc(-c3ccc(-n4c5ccccc5c5c6oc(-c7ccccc7)nc6ccc54)cc3)n2)cc1. The third-order valence-corrected chi connectivity index (χ3v) is 9.59. The maximum atomic E-state index is 6.48. The summed E-state index contributed by atoms with van der Waals surface area (Å²) in [5, 5.41) is 2.16. The van der Waals surface area contributed by atoms with Gasteiger partial charge in [0.2, 0.25) is 5.89 Å². The molecule has 0 aliphatic heterocycles. The topological polar surface area (TPSA) is 69.6 Å². The van der Waals surface area contributed by atoms with Gasteiger partial charge < -0.3 is 8.98 Å². The number of pyridine rings is 1. The number of hydrogen-bond acceptors (Lipinski definition) is 5. The van der Waals surface area contributed by atoms with Crippen LogP contribution < -0.4 is 0 Å². The molecule has 0 saturated heterocycles. The highest BCUT2D eigenvalue weighted by molar-refractivity contribution is 6.19. The van der Waals surface area contributed by atoms with Crippen molar-refractivity contribution in [3.05, 3.63) is 176 Å². The van der Waals surface area contributed by atoms with Crippen molar-refractivity contribution in [3.8, 4) is 62.2 Å². The molecule has 0 fully saturated rings. The van der Waals surface area contributed by atoms with Crippen molar-refractivity contribution in [2.24, 2.45) is 0 Å². The van der Waals surface area contributed by atoms with E-state index in [-0.39, 0.29) is 0 Å². The number of oxazole rings is 1. The smallest absolute Gasteiger partial charge is 0.227 e. The van der Waals surface area contributed by atoms with E-state index in [4.69, 9.17) is 19.4 Å². The number of para-hydroxylation sites is 1. The third kappa shape index (κ3) is 5.13. The van der Waals surface area contributed by atoms with E-state index in [1.807, 2.05) is 79.1 Å². The summed E-state index contributed by atoms with van der Waals surface area (Å²) in [4.78, 5) is 19.2. The average molecular weight is 668 g/mol. The summed E-state index contributed by atoms with van der Waals surface area (Å²) in [6, 6.07) is 56.1. The molecule has 0 aliphatic carbocycles. The van der Waals surface area contributed by atoms with E-state index in [0.717, 1.165) is 83.4 Å². The molecule has 0 atom stereocenters. The second-order valence-electron chi connectivity index (χ2n) is 12.7. The summed E-state index contributed by atoms with van der Waals surface area (Å²) in [5.41, 5.74) is 12.7. The number of hydrogen-bond donors (Lipinski definition) is 0. The predicted molar refractivity (Wildman–Crippen MR) is 209 cm³/mol. The average Bonchev–Trinajstić information content (AvgIpc) is 3.82. The summed E-state index contributed by atoms with van der Waals surface area (Å²) in [6.45, 7) is 0. The van der Waals surface area contributed by atoms with Gasteiger partial charge in [-0.05, 0) is 83.9 Å². The van der Waals surface area contributed by atoms with E-state index in [9.17, 15) is 0 Å². The Hall–Kier alpha value is -7.18. The standard InChI is InChI=1S/C46H29N5O/c1-3-9-32(10-4-1)39-29-40(33-17-15-30(16-18-33)31-25-27-47-28-26-31)49-45(48-39)34-19-21-36(22-20-34)51-41-14-8-7-13-37(41)43-42(51)24-23-38-44(43)52-46(50-38)35-11-5-2-6-12-35/h1-29H. The number of benzene rings is 6. The molecule has 0 spiro atoms. The Labute approximate surface area is 299 Å². The Morgan fingerprint density at radius 3 is 1.77 bits per heavy atom. The summed E-state index contributed by atoms with van der Waals surface area (Å²) < 4.78 is 8.77. The molecule has 0 saturated carbocycles. The molecule has 6 nitrogen and oxygen atoms in total. The van der Waals surface area contributed by atoms with E-state index in [1.54, 1.807) is 0 Å². The zero-order chi connectivity index (χ0) is 34.4. The molecule has 6 aromatic carbocycles. The van der Waals surface area contributed by atoms with Crippen molar-refractivity contribution in [2.45, 2.75) is 0 Å². The third-order valence-electron chi connectivity index (χ3n) is 9.59. The monoisotopic (exact) mass is 667 g/mol.